The van der Waals surface area contributed by atoms with Crippen LogP contribution in [0.2, 0.25) is 0 Å². The van der Waals surface area contributed by atoms with Gasteiger partial charge in [-0.05, 0) is 31.2 Å². The second-order valence-electron chi connectivity index (χ2n) is 3.55. The lowest BCUT2D eigenvalue weighted by Gasteiger charge is -2.03. The molecule has 0 spiro atoms. The molecule has 0 amide bonds. The third-order valence-electron chi connectivity index (χ3n) is 2.21. The maximum absolute atomic E-state index is 11.6. The lowest BCUT2D eigenvalue weighted by Crippen LogP contribution is -2.09. The summed E-state index contributed by atoms with van der Waals surface area (Å²) in [7, 11) is 1.56. The summed E-state index contributed by atoms with van der Waals surface area (Å²) in [5, 5.41) is 17.4. The van der Waals surface area contributed by atoms with Crippen LogP contribution in [0.25, 0.3) is 0 Å². The summed E-state index contributed by atoms with van der Waals surface area (Å²) in [5.74, 6) is -0.268. The van der Waals surface area contributed by atoms with Crippen LogP contribution in [-0.4, -0.2) is 30.1 Å². The van der Waals surface area contributed by atoms with Crippen molar-refractivity contribution in [2.75, 3.05) is 19.0 Å². The zero-order chi connectivity index (χ0) is 15.0. The van der Waals surface area contributed by atoms with Gasteiger partial charge in [0.1, 0.15) is 11.5 Å². The first kappa shape index (κ1) is 16.2. The number of aliphatic hydroxyl groups is 1. The highest BCUT2D eigenvalue weighted by Gasteiger charge is 2.15. The van der Waals surface area contributed by atoms with E-state index in [-0.39, 0.29) is 23.4 Å². The number of halogens is 1. The van der Waals surface area contributed by atoms with Gasteiger partial charge in [0.25, 0.3) is 0 Å². The lowest BCUT2D eigenvalue weighted by molar-refractivity contribution is -0.138. The summed E-state index contributed by atoms with van der Waals surface area (Å²) in [6.45, 7) is 1.86. The first-order chi connectivity index (χ1) is 9.62. The average molecular weight is 343 g/mol. The molecule has 0 fully saturated rings. The van der Waals surface area contributed by atoms with Gasteiger partial charge in [-0.3, -0.25) is 0 Å². The minimum absolute atomic E-state index is 0.0861. The van der Waals surface area contributed by atoms with Crippen LogP contribution in [0.1, 0.15) is 6.92 Å². The van der Waals surface area contributed by atoms with E-state index in [0.717, 1.165) is 0 Å². The number of aliphatic hydroxyl groups excluding tert-OH is 1. The second-order valence-corrected chi connectivity index (χ2v) is 4.11. The Morgan fingerprint density at radius 2 is 2.00 bits per heavy atom. The Kier molecular flexibility index (Phi) is 6.72. The van der Waals surface area contributed by atoms with E-state index in [1.54, 1.807) is 38.3 Å². The Morgan fingerprint density at radius 1 is 1.35 bits per heavy atom. The monoisotopic (exact) mass is 342 g/mol. The highest BCUT2D eigenvalue weighted by molar-refractivity contribution is 9.09. The highest BCUT2D eigenvalue weighted by atomic mass is 79.9. The number of allylic oxidation sites excluding steroid dienone is 1. The van der Waals surface area contributed by atoms with Crippen molar-refractivity contribution in [1.82, 2.24) is 0 Å². The number of carbonyl (C=O) groups excluding carboxylic acids is 1. The van der Waals surface area contributed by atoms with Gasteiger partial charge < -0.3 is 14.6 Å². The first-order valence-electron chi connectivity index (χ1n) is 5.83. The molecule has 0 saturated heterocycles. The molecular formula is C13H15BrN2O4. The molecule has 7 heteroatoms. The molecule has 0 aliphatic heterocycles. The molecule has 0 unspecified atom stereocenters. The summed E-state index contributed by atoms with van der Waals surface area (Å²) < 4.78 is 9.82. The van der Waals surface area contributed by atoms with Crippen LogP contribution in [0.15, 0.2) is 46.0 Å². The SMILES string of the molecule is CCOC(=O)/C(N=Nc1ccc(OC)cc1)=C(/O)CBr. The minimum atomic E-state index is -0.721. The van der Waals surface area contributed by atoms with Crippen molar-refractivity contribution in [2.24, 2.45) is 10.2 Å². The van der Waals surface area contributed by atoms with Crippen molar-refractivity contribution in [3.63, 3.8) is 0 Å². The second kappa shape index (κ2) is 8.31. The maximum atomic E-state index is 11.6. The van der Waals surface area contributed by atoms with E-state index < -0.39 is 5.97 Å². The quantitative estimate of drug-likeness (QED) is 0.282. The van der Waals surface area contributed by atoms with Crippen LogP contribution < -0.4 is 4.74 Å². The minimum Gasteiger partial charge on any atom is -0.509 e. The molecule has 1 rings (SSSR count). The third-order valence-corrected chi connectivity index (χ3v) is 2.74. The molecule has 0 aliphatic rings. The number of esters is 1. The Hall–Kier alpha value is -1.89. The number of rotatable bonds is 6. The predicted octanol–water partition coefficient (Wildman–Crippen LogP) is 3.51. The molecule has 1 aromatic carbocycles. The topological polar surface area (TPSA) is 80.5 Å². The van der Waals surface area contributed by atoms with Gasteiger partial charge in [-0.15, -0.1) is 5.11 Å². The number of carbonyl (C=O) groups is 1. The van der Waals surface area contributed by atoms with E-state index in [9.17, 15) is 9.90 Å². The fourth-order valence-electron chi connectivity index (χ4n) is 1.24. The number of methoxy groups -OCH3 is 1. The Morgan fingerprint density at radius 3 is 2.50 bits per heavy atom. The summed E-state index contributed by atoms with van der Waals surface area (Å²) in [6.07, 6.45) is 0. The predicted molar refractivity (Wildman–Crippen MR) is 77.6 cm³/mol. The summed E-state index contributed by atoms with van der Waals surface area (Å²) in [6, 6.07) is 6.78. The Labute approximate surface area is 125 Å². The number of nitrogens with zero attached hydrogens (tertiary/aromatic N) is 2. The van der Waals surface area contributed by atoms with Crippen LogP contribution in [0, 0.1) is 0 Å². The number of alkyl halides is 1. The van der Waals surface area contributed by atoms with Gasteiger partial charge in [0, 0.05) is 0 Å². The molecule has 108 valence electrons. The van der Waals surface area contributed by atoms with Crippen molar-refractivity contribution >= 4 is 27.6 Å². The van der Waals surface area contributed by atoms with Gasteiger partial charge in [0.2, 0.25) is 5.70 Å². The molecular weight excluding hydrogens is 328 g/mol. The van der Waals surface area contributed by atoms with Crippen LogP contribution in [0.3, 0.4) is 0 Å². The molecule has 0 aliphatic carbocycles. The molecule has 1 N–H and O–H groups in total. The fourth-order valence-corrected chi connectivity index (χ4v) is 1.50. The molecule has 0 saturated carbocycles. The normalized spacial score (nSPS) is 12.2. The molecule has 1 aromatic rings. The van der Waals surface area contributed by atoms with Crippen LogP contribution in [0.5, 0.6) is 5.75 Å². The molecule has 0 atom stereocenters. The first-order valence-corrected chi connectivity index (χ1v) is 6.95. The van der Waals surface area contributed by atoms with E-state index in [0.29, 0.717) is 11.4 Å². The molecule has 6 nitrogen and oxygen atoms in total. The van der Waals surface area contributed by atoms with E-state index >= 15 is 0 Å². The van der Waals surface area contributed by atoms with E-state index in [4.69, 9.17) is 9.47 Å². The van der Waals surface area contributed by atoms with Gasteiger partial charge in [-0.25, -0.2) is 4.79 Å². The van der Waals surface area contributed by atoms with Crippen molar-refractivity contribution < 1.29 is 19.4 Å². The van der Waals surface area contributed by atoms with Crippen molar-refractivity contribution in [1.29, 1.82) is 0 Å². The standard InChI is InChI=1S/C13H15BrN2O4/c1-3-20-13(18)12(11(17)8-14)16-15-9-4-6-10(19-2)7-5-9/h4-7,17H,3,8H2,1-2H3/b12-11-,16-15?. The van der Waals surface area contributed by atoms with Crippen molar-refractivity contribution in [2.45, 2.75) is 6.92 Å². The number of azo groups is 1. The Bertz CT molecular complexity index is 512. The van der Waals surface area contributed by atoms with Crippen LogP contribution in [-0.2, 0) is 9.53 Å². The summed E-state index contributed by atoms with van der Waals surface area (Å²) in [5.41, 5.74) is 0.300. The summed E-state index contributed by atoms with van der Waals surface area (Å²) >= 11 is 3.05. The molecule has 20 heavy (non-hydrogen) atoms. The summed E-state index contributed by atoms with van der Waals surface area (Å²) in [4.78, 5) is 11.6. The molecule has 0 aromatic heterocycles. The number of hydrogen-bond acceptors (Lipinski definition) is 6. The maximum Gasteiger partial charge on any atom is 0.362 e. The van der Waals surface area contributed by atoms with Crippen molar-refractivity contribution in [3.05, 3.63) is 35.7 Å². The molecule has 0 radical (unpaired) electrons. The molecule has 0 bridgehead atoms. The average Bonchev–Trinajstić information content (AvgIpc) is 2.48. The fraction of sp³-hybridized carbons (Fsp3) is 0.308. The Balaban J connectivity index is 2.94. The van der Waals surface area contributed by atoms with E-state index in [2.05, 4.69) is 26.2 Å². The largest absolute Gasteiger partial charge is 0.509 e. The number of hydrogen-bond donors (Lipinski definition) is 1. The van der Waals surface area contributed by atoms with Crippen LogP contribution >= 0.6 is 15.9 Å². The van der Waals surface area contributed by atoms with E-state index in [1.165, 1.54) is 0 Å². The van der Waals surface area contributed by atoms with E-state index in [1.807, 2.05) is 0 Å². The zero-order valence-electron chi connectivity index (χ0n) is 11.2. The van der Waals surface area contributed by atoms with Gasteiger partial charge >= 0.3 is 5.97 Å². The van der Waals surface area contributed by atoms with Gasteiger partial charge in [-0.1, -0.05) is 15.9 Å². The van der Waals surface area contributed by atoms with Crippen LogP contribution in [0.4, 0.5) is 5.69 Å². The van der Waals surface area contributed by atoms with Gasteiger partial charge in [0.15, 0.2) is 0 Å². The smallest absolute Gasteiger partial charge is 0.362 e. The highest BCUT2D eigenvalue weighted by Crippen LogP contribution is 2.20. The molecule has 0 heterocycles. The van der Waals surface area contributed by atoms with Gasteiger partial charge in [-0.2, -0.15) is 5.11 Å². The lowest BCUT2D eigenvalue weighted by atomic mass is 10.3. The zero-order valence-corrected chi connectivity index (χ0v) is 12.8. The third kappa shape index (κ3) is 4.65. The van der Waals surface area contributed by atoms with Crippen molar-refractivity contribution in [3.8, 4) is 5.75 Å². The number of ether oxygens (including phenoxy) is 2. The van der Waals surface area contributed by atoms with Gasteiger partial charge in [0.05, 0.1) is 24.7 Å². The number of benzene rings is 1.